The van der Waals surface area contributed by atoms with Crippen molar-refractivity contribution < 1.29 is 80.2 Å². The summed E-state index contributed by atoms with van der Waals surface area (Å²) in [6.07, 6.45) is 69.4. The molecule has 105 heavy (non-hydrogen) atoms. The first-order valence-electron chi connectivity index (χ1n) is 44.5. The normalized spacial score (nSPS) is 13.8. The SMILES string of the molecule is CCCCCCCCCCCCCCCCCCCC(=O)O[C@H](COC(=O)CCCCCCCCCCCC)COP(=O)(O)OC[C@H](O)COP(=O)(O)OC[C@@H](COC(=O)CCCCCCCCCCCCCCCCCCC(C)C)OC(=O)CCCCCCCCCCCCCCCCCCC(C)C. The van der Waals surface area contributed by atoms with Crippen molar-refractivity contribution in [1.82, 2.24) is 0 Å². The standard InChI is InChI=1S/C86H168O17P2/c1-7-9-11-13-15-17-19-20-21-22-30-35-40-46-52-58-64-70-85(90)102-81(74-96-83(88)68-62-56-50-44-18-16-14-12-10-8-2)76-100-104(92,93)98-72-80(87)73-99-105(94,95)101-77-82(103-86(91)71-65-59-53-47-41-36-31-26-24-28-33-38-43-49-55-61-67-79(5)6)75-97-84(89)69-63-57-51-45-39-34-29-25-23-27-32-37-42-48-54-60-66-78(3)4/h78-82,87H,7-77H2,1-6H3,(H,92,93)(H,94,95)/t80-,81+,82+/m0/s1. The van der Waals surface area contributed by atoms with Crippen LogP contribution in [0, 0.1) is 11.8 Å². The zero-order chi connectivity index (χ0) is 77.1. The third kappa shape index (κ3) is 79.9. The molecule has 5 atom stereocenters. The van der Waals surface area contributed by atoms with Crippen LogP contribution >= 0.6 is 15.6 Å². The van der Waals surface area contributed by atoms with Crippen molar-refractivity contribution in [2.45, 2.75) is 477 Å². The summed E-state index contributed by atoms with van der Waals surface area (Å²) in [5.74, 6) is -0.479. The predicted molar refractivity (Wildman–Crippen MR) is 432 cm³/mol. The number of unbranched alkanes of at least 4 members (excludes halogenated alkanes) is 55. The van der Waals surface area contributed by atoms with Gasteiger partial charge in [-0.1, -0.05) is 408 Å². The zero-order valence-electron chi connectivity index (χ0n) is 69.0. The molecule has 0 aliphatic carbocycles. The monoisotopic (exact) mass is 1540 g/mol. The number of aliphatic hydroxyl groups excluding tert-OH is 1. The van der Waals surface area contributed by atoms with E-state index < -0.39 is 97.5 Å². The summed E-state index contributed by atoms with van der Waals surface area (Å²) in [5, 5.41) is 10.7. The maximum atomic E-state index is 13.1. The molecule has 0 aromatic rings. The van der Waals surface area contributed by atoms with Crippen LogP contribution in [0.1, 0.15) is 459 Å². The molecule has 0 aliphatic rings. The predicted octanol–water partition coefficient (Wildman–Crippen LogP) is 26.2. The first-order valence-corrected chi connectivity index (χ1v) is 47.5. The maximum Gasteiger partial charge on any atom is 0.472 e. The summed E-state index contributed by atoms with van der Waals surface area (Å²) in [6, 6.07) is 0. The number of phosphoric acid groups is 2. The highest BCUT2D eigenvalue weighted by Gasteiger charge is 2.30. The Bertz CT molecular complexity index is 2010. The van der Waals surface area contributed by atoms with Crippen LogP contribution in [0.4, 0.5) is 0 Å². The molecule has 0 bridgehead atoms. The van der Waals surface area contributed by atoms with E-state index in [1.54, 1.807) is 0 Å². The number of carbonyl (C=O) groups is 4. The molecule has 17 nitrogen and oxygen atoms in total. The number of hydrogen-bond acceptors (Lipinski definition) is 15. The molecule has 0 radical (unpaired) electrons. The van der Waals surface area contributed by atoms with E-state index in [1.165, 1.54) is 276 Å². The van der Waals surface area contributed by atoms with E-state index in [4.69, 9.17) is 37.0 Å². The van der Waals surface area contributed by atoms with Crippen molar-refractivity contribution >= 4 is 39.5 Å². The molecule has 3 N–H and O–H groups in total. The smallest absolute Gasteiger partial charge is 0.462 e. The van der Waals surface area contributed by atoms with Crippen molar-refractivity contribution in [3.63, 3.8) is 0 Å². The largest absolute Gasteiger partial charge is 0.472 e. The van der Waals surface area contributed by atoms with Gasteiger partial charge in [0.05, 0.1) is 26.4 Å². The van der Waals surface area contributed by atoms with Crippen LogP contribution in [0.25, 0.3) is 0 Å². The van der Waals surface area contributed by atoms with Gasteiger partial charge < -0.3 is 33.8 Å². The number of phosphoric ester groups is 2. The number of aliphatic hydroxyl groups is 1. The number of rotatable bonds is 85. The molecule has 0 amide bonds. The molecule has 0 aliphatic heterocycles. The topological polar surface area (TPSA) is 237 Å². The highest BCUT2D eigenvalue weighted by atomic mass is 31.2. The van der Waals surface area contributed by atoms with E-state index >= 15 is 0 Å². The minimum absolute atomic E-state index is 0.109. The minimum atomic E-state index is -4.97. The number of carbonyl (C=O) groups excluding carboxylic acids is 4. The molecule has 0 fully saturated rings. The van der Waals surface area contributed by atoms with Gasteiger partial charge in [-0.15, -0.1) is 0 Å². The highest BCUT2D eigenvalue weighted by molar-refractivity contribution is 7.47. The van der Waals surface area contributed by atoms with Crippen LogP contribution in [0.15, 0.2) is 0 Å². The van der Waals surface area contributed by atoms with Gasteiger partial charge in [-0.2, -0.15) is 0 Å². The molecule has 19 heteroatoms. The first-order chi connectivity index (χ1) is 50.9. The zero-order valence-corrected chi connectivity index (χ0v) is 70.8. The molecular formula is C86H168O17P2. The fraction of sp³-hybridized carbons (Fsp3) is 0.953. The van der Waals surface area contributed by atoms with Crippen LogP contribution in [0.3, 0.4) is 0 Å². The Balaban J connectivity index is 5.23. The molecule has 0 heterocycles. The third-order valence-electron chi connectivity index (χ3n) is 20.2. The van der Waals surface area contributed by atoms with E-state index in [1.807, 2.05) is 0 Å². The summed E-state index contributed by atoms with van der Waals surface area (Å²) < 4.78 is 68.9. The molecule has 2 unspecified atom stereocenters. The summed E-state index contributed by atoms with van der Waals surface area (Å²) in [5.41, 5.74) is 0. The van der Waals surface area contributed by atoms with Gasteiger partial charge in [-0.3, -0.25) is 37.3 Å². The Morgan fingerprint density at radius 2 is 0.438 bits per heavy atom. The average molecular weight is 1540 g/mol. The lowest BCUT2D eigenvalue weighted by Gasteiger charge is -2.21. The van der Waals surface area contributed by atoms with Gasteiger partial charge in [0, 0.05) is 25.7 Å². The third-order valence-corrected chi connectivity index (χ3v) is 22.1. The van der Waals surface area contributed by atoms with Gasteiger partial charge in [-0.25, -0.2) is 9.13 Å². The van der Waals surface area contributed by atoms with Crippen LogP contribution < -0.4 is 0 Å². The number of hydrogen-bond donors (Lipinski definition) is 3. The highest BCUT2D eigenvalue weighted by Crippen LogP contribution is 2.45. The fourth-order valence-corrected chi connectivity index (χ4v) is 15.0. The Hall–Kier alpha value is -1.94. The molecule has 0 aromatic carbocycles. The van der Waals surface area contributed by atoms with Crippen LogP contribution in [-0.4, -0.2) is 96.7 Å². The average Bonchev–Trinajstić information content (AvgIpc) is 0.916. The van der Waals surface area contributed by atoms with Gasteiger partial charge in [-0.05, 0) is 37.5 Å². The summed E-state index contributed by atoms with van der Waals surface area (Å²) in [4.78, 5) is 73.2. The van der Waals surface area contributed by atoms with Gasteiger partial charge in [0.15, 0.2) is 12.2 Å². The molecule has 0 saturated carbocycles. The fourth-order valence-electron chi connectivity index (χ4n) is 13.4. The van der Waals surface area contributed by atoms with Gasteiger partial charge in [0.25, 0.3) is 0 Å². The maximum absolute atomic E-state index is 13.1. The lowest BCUT2D eigenvalue weighted by atomic mass is 10.0. The Morgan fingerprint density at radius 1 is 0.257 bits per heavy atom. The molecule has 0 spiro atoms. The first kappa shape index (κ1) is 103. The second kappa shape index (κ2) is 77.4. The molecular weight excluding hydrogens is 1370 g/mol. The van der Waals surface area contributed by atoms with E-state index in [2.05, 4.69) is 41.5 Å². The molecule has 0 rings (SSSR count). The van der Waals surface area contributed by atoms with Crippen LogP contribution in [-0.2, 0) is 65.4 Å². The Labute approximate surface area is 645 Å². The van der Waals surface area contributed by atoms with Gasteiger partial charge in [0.2, 0.25) is 0 Å². The lowest BCUT2D eigenvalue weighted by molar-refractivity contribution is -0.161. The second-order valence-electron chi connectivity index (χ2n) is 31.9. The van der Waals surface area contributed by atoms with Gasteiger partial charge in [0.1, 0.15) is 19.3 Å². The van der Waals surface area contributed by atoms with E-state index in [0.29, 0.717) is 25.7 Å². The quantitative estimate of drug-likeness (QED) is 0.0222. The lowest BCUT2D eigenvalue weighted by Crippen LogP contribution is -2.30. The van der Waals surface area contributed by atoms with Crippen molar-refractivity contribution in [2.24, 2.45) is 11.8 Å². The molecule has 0 saturated heterocycles. The van der Waals surface area contributed by atoms with Crippen molar-refractivity contribution in [2.75, 3.05) is 39.6 Å². The Morgan fingerprint density at radius 3 is 0.648 bits per heavy atom. The second-order valence-corrected chi connectivity index (χ2v) is 34.8. The van der Waals surface area contributed by atoms with E-state index in [0.717, 1.165) is 102 Å². The summed E-state index contributed by atoms with van der Waals surface area (Å²) >= 11 is 0. The summed E-state index contributed by atoms with van der Waals surface area (Å²) in [6.45, 7) is 9.73. The Kier molecular flexibility index (Phi) is 76.0. The van der Waals surface area contributed by atoms with Crippen LogP contribution in [0.5, 0.6) is 0 Å². The minimum Gasteiger partial charge on any atom is -0.462 e. The van der Waals surface area contributed by atoms with Crippen molar-refractivity contribution in [3.05, 3.63) is 0 Å². The van der Waals surface area contributed by atoms with E-state index in [9.17, 15) is 43.2 Å². The number of esters is 4. The number of ether oxygens (including phenoxy) is 4. The summed E-state index contributed by atoms with van der Waals surface area (Å²) in [7, 11) is -9.93. The van der Waals surface area contributed by atoms with E-state index in [-0.39, 0.29) is 25.7 Å². The van der Waals surface area contributed by atoms with Crippen molar-refractivity contribution in [1.29, 1.82) is 0 Å². The van der Waals surface area contributed by atoms with Gasteiger partial charge >= 0.3 is 39.5 Å². The molecule has 624 valence electrons. The van der Waals surface area contributed by atoms with Crippen molar-refractivity contribution in [3.8, 4) is 0 Å². The molecule has 0 aromatic heterocycles. The van der Waals surface area contributed by atoms with Crippen LogP contribution in [0.2, 0.25) is 0 Å².